The van der Waals surface area contributed by atoms with Crippen molar-refractivity contribution in [3.63, 3.8) is 0 Å². The van der Waals surface area contributed by atoms with Gasteiger partial charge in [-0.25, -0.2) is 0 Å². The maximum atomic E-state index is 13.2. The van der Waals surface area contributed by atoms with Gasteiger partial charge in [0.15, 0.2) is 0 Å². The number of primary amides is 1. The third kappa shape index (κ3) is 4.41. The molecule has 6 nitrogen and oxygen atoms in total. The summed E-state index contributed by atoms with van der Waals surface area (Å²) in [7, 11) is 0. The van der Waals surface area contributed by atoms with Crippen LogP contribution in [0.15, 0.2) is 42.6 Å². The van der Waals surface area contributed by atoms with Crippen LogP contribution in [0.2, 0.25) is 0 Å². The lowest BCUT2D eigenvalue weighted by Crippen LogP contribution is -2.44. The molecule has 2 amide bonds. The Hall–Kier alpha value is -3.10. The van der Waals surface area contributed by atoms with E-state index in [1.54, 1.807) is 6.07 Å². The topological polar surface area (TPSA) is 85.5 Å². The van der Waals surface area contributed by atoms with Gasteiger partial charge in [0.25, 0.3) is 11.8 Å². The van der Waals surface area contributed by atoms with Crippen LogP contribution < -0.4 is 10.5 Å². The lowest BCUT2D eigenvalue weighted by Gasteiger charge is -2.33. The van der Waals surface area contributed by atoms with Gasteiger partial charge in [0.2, 0.25) is 0 Å². The SMILES string of the molecule is NC(=O)c1cc(OC2CCCN(C(=O)c3ccccc3C(F)(F)F)C2)ccn1. The summed E-state index contributed by atoms with van der Waals surface area (Å²) in [5.41, 5.74) is 3.90. The summed E-state index contributed by atoms with van der Waals surface area (Å²) in [6.07, 6.45) is -2.45. The Bertz CT molecular complexity index is 886. The Morgan fingerprint density at radius 3 is 2.68 bits per heavy atom. The molecule has 1 saturated heterocycles. The maximum absolute atomic E-state index is 13.2. The number of carbonyl (C=O) groups excluding carboxylic acids is 2. The molecule has 9 heteroatoms. The van der Waals surface area contributed by atoms with Crippen molar-refractivity contribution in [3.8, 4) is 5.75 Å². The number of carbonyl (C=O) groups is 2. The molecule has 0 aliphatic carbocycles. The Labute approximate surface area is 159 Å². The van der Waals surface area contributed by atoms with Crippen molar-refractivity contribution in [1.29, 1.82) is 0 Å². The summed E-state index contributed by atoms with van der Waals surface area (Å²) in [5.74, 6) is -1.03. The minimum absolute atomic E-state index is 0.0420. The van der Waals surface area contributed by atoms with Gasteiger partial charge in [-0.15, -0.1) is 0 Å². The number of hydrogen-bond donors (Lipinski definition) is 1. The van der Waals surface area contributed by atoms with Crippen molar-refractivity contribution >= 4 is 11.8 Å². The second kappa shape index (κ2) is 7.87. The number of nitrogens with zero attached hydrogens (tertiary/aromatic N) is 2. The predicted octanol–water partition coefficient (Wildman–Crippen LogP) is 2.88. The van der Waals surface area contributed by atoms with E-state index < -0.39 is 29.7 Å². The summed E-state index contributed by atoms with van der Waals surface area (Å²) in [4.78, 5) is 29.1. The van der Waals surface area contributed by atoms with E-state index in [2.05, 4.69) is 4.98 Å². The van der Waals surface area contributed by atoms with E-state index >= 15 is 0 Å². The molecule has 1 atom stereocenters. The highest BCUT2D eigenvalue weighted by Crippen LogP contribution is 2.33. The van der Waals surface area contributed by atoms with Gasteiger partial charge in [0, 0.05) is 18.8 Å². The van der Waals surface area contributed by atoms with Crippen LogP contribution in [0.4, 0.5) is 13.2 Å². The highest BCUT2D eigenvalue weighted by Gasteiger charge is 2.36. The Morgan fingerprint density at radius 2 is 1.96 bits per heavy atom. The zero-order chi connectivity index (χ0) is 20.3. The number of likely N-dealkylation sites (tertiary alicyclic amines) is 1. The van der Waals surface area contributed by atoms with Crippen molar-refractivity contribution in [1.82, 2.24) is 9.88 Å². The molecule has 1 aromatic heterocycles. The molecule has 3 rings (SSSR count). The van der Waals surface area contributed by atoms with Crippen LogP contribution in [0.5, 0.6) is 5.75 Å². The Balaban J connectivity index is 1.74. The average Bonchev–Trinajstić information content (AvgIpc) is 2.67. The predicted molar refractivity (Wildman–Crippen MR) is 93.8 cm³/mol. The van der Waals surface area contributed by atoms with E-state index in [0.717, 1.165) is 6.07 Å². The molecule has 2 heterocycles. The normalized spacial score (nSPS) is 17.2. The van der Waals surface area contributed by atoms with E-state index in [0.29, 0.717) is 25.1 Å². The van der Waals surface area contributed by atoms with E-state index in [1.807, 2.05) is 0 Å². The number of pyridine rings is 1. The number of hydrogen-bond acceptors (Lipinski definition) is 4. The largest absolute Gasteiger partial charge is 0.488 e. The van der Waals surface area contributed by atoms with Crippen molar-refractivity contribution < 1.29 is 27.5 Å². The standard InChI is InChI=1S/C19H18F3N3O3/c20-19(21,22)15-6-2-1-5-14(15)18(27)25-9-3-4-13(11-25)28-12-7-8-24-16(10-12)17(23)26/h1-2,5-8,10,13H,3-4,9,11H2,(H2,23,26). The number of alkyl halides is 3. The minimum Gasteiger partial charge on any atom is -0.488 e. The number of halogens is 3. The first-order valence-electron chi connectivity index (χ1n) is 8.63. The second-order valence-corrected chi connectivity index (χ2v) is 6.42. The van der Waals surface area contributed by atoms with Crippen molar-refractivity contribution in [2.24, 2.45) is 5.73 Å². The molecular weight excluding hydrogens is 375 g/mol. The molecule has 0 spiro atoms. The van der Waals surface area contributed by atoms with Crippen molar-refractivity contribution in [2.45, 2.75) is 25.1 Å². The van der Waals surface area contributed by atoms with Gasteiger partial charge in [-0.1, -0.05) is 12.1 Å². The number of amides is 2. The molecule has 1 unspecified atom stereocenters. The van der Waals surface area contributed by atoms with Crippen LogP contribution in [-0.4, -0.2) is 40.9 Å². The first kappa shape index (κ1) is 19.7. The Kier molecular flexibility index (Phi) is 5.53. The van der Waals surface area contributed by atoms with E-state index in [1.165, 1.54) is 35.4 Å². The highest BCUT2D eigenvalue weighted by atomic mass is 19.4. The van der Waals surface area contributed by atoms with Crippen molar-refractivity contribution in [3.05, 3.63) is 59.4 Å². The fourth-order valence-electron chi connectivity index (χ4n) is 3.12. The summed E-state index contributed by atoms with van der Waals surface area (Å²) in [5, 5.41) is 0. The second-order valence-electron chi connectivity index (χ2n) is 6.42. The molecule has 1 aromatic carbocycles. The molecule has 0 saturated carbocycles. The van der Waals surface area contributed by atoms with Gasteiger partial charge < -0.3 is 15.4 Å². The highest BCUT2D eigenvalue weighted by molar-refractivity contribution is 5.96. The molecule has 28 heavy (non-hydrogen) atoms. The molecule has 1 aliphatic rings. The molecule has 0 bridgehead atoms. The monoisotopic (exact) mass is 393 g/mol. The lowest BCUT2D eigenvalue weighted by molar-refractivity contribution is -0.138. The molecule has 1 fully saturated rings. The van der Waals surface area contributed by atoms with Crippen LogP contribution in [0.3, 0.4) is 0 Å². The number of ether oxygens (including phenoxy) is 1. The summed E-state index contributed by atoms with van der Waals surface area (Å²) < 4.78 is 45.4. The number of rotatable bonds is 4. The molecule has 2 aromatic rings. The van der Waals surface area contributed by atoms with Crippen LogP contribution >= 0.6 is 0 Å². The smallest absolute Gasteiger partial charge is 0.417 e. The van der Waals surface area contributed by atoms with Gasteiger partial charge in [0.05, 0.1) is 17.7 Å². The Morgan fingerprint density at radius 1 is 1.21 bits per heavy atom. The van der Waals surface area contributed by atoms with Crippen LogP contribution in [0.25, 0.3) is 0 Å². The molecule has 0 radical (unpaired) electrons. The minimum atomic E-state index is -4.61. The van der Waals surface area contributed by atoms with Gasteiger partial charge >= 0.3 is 6.18 Å². The van der Waals surface area contributed by atoms with Crippen LogP contribution in [0, 0.1) is 0 Å². The number of aromatic nitrogens is 1. The first-order chi connectivity index (χ1) is 13.3. The fraction of sp³-hybridized carbons (Fsp3) is 0.316. The number of benzene rings is 1. The van der Waals surface area contributed by atoms with Gasteiger partial charge in [-0.2, -0.15) is 13.2 Å². The van der Waals surface area contributed by atoms with Crippen LogP contribution in [0.1, 0.15) is 39.3 Å². The van der Waals surface area contributed by atoms with E-state index in [4.69, 9.17) is 10.5 Å². The zero-order valence-corrected chi connectivity index (χ0v) is 14.8. The fourth-order valence-corrected chi connectivity index (χ4v) is 3.12. The lowest BCUT2D eigenvalue weighted by atomic mass is 10.0. The van der Waals surface area contributed by atoms with Gasteiger partial charge in [-0.3, -0.25) is 14.6 Å². The first-order valence-corrected chi connectivity index (χ1v) is 8.63. The summed E-state index contributed by atoms with van der Waals surface area (Å²) >= 11 is 0. The number of nitrogens with two attached hydrogens (primary N) is 1. The quantitative estimate of drug-likeness (QED) is 0.866. The molecular formula is C19H18F3N3O3. The molecule has 1 aliphatic heterocycles. The zero-order valence-electron chi connectivity index (χ0n) is 14.8. The molecule has 2 N–H and O–H groups in total. The maximum Gasteiger partial charge on any atom is 0.417 e. The third-order valence-electron chi connectivity index (χ3n) is 4.41. The average molecular weight is 393 g/mol. The third-order valence-corrected chi connectivity index (χ3v) is 4.41. The molecule has 148 valence electrons. The van der Waals surface area contributed by atoms with Crippen molar-refractivity contribution in [2.75, 3.05) is 13.1 Å². The van der Waals surface area contributed by atoms with Gasteiger partial charge in [-0.05, 0) is 31.0 Å². The summed E-state index contributed by atoms with van der Waals surface area (Å²) in [6.45, 7) is 0.479. The van der Waals surface area contributed by atoms with Crippen LogP contribution in [-0.2, 0) is 6.18 Å². The number of piperidine rings is 1. The summed E-state index contributed by atoms with van der Waals surface area (Å²) in [6, 6.07) is 7.67. The van der Waals surface area contributed by atoms with E-state index in [-0.39, 0.29) is 17.8 Å². The van der Waals surface area contributed by atoms with Gasteiger partial charge in [0.1, 0.15) is 17.5 Å². The van der Waals surface area contributed by atoms with E-state index in [9.17, 15) is 22.8 Å².